The number of nitrogens with zero attached hydrogens (tertiary/aromatic N) is 5. The Kier molecular flexibility index (Phi) is 10.4. The van der Waals surface area contributed by atoms with E-state index in [1.807, 2.05) is 0 Å². The minimum absolute atomic E-state index is 0.0745. The van der Waals surface area contributed by atoms with Crippen molar-refractivity contribution in [2.45, 2.75) is 83.0 Å². The van der Waals surface area contributed by atoms with Gasteiger partial charge in [0, 0.05) is 51.2 Å². The molecule has 0 amide bonds. The Morgan fingerprint density at radius 3 is 2.32 bits per heavy atom. The molecule has 10 nitrogen and oxygen atoms in total. The fourth-order valence-electron chi connectivity index (χ4n) is 5.94. The third-order valence-electron chi connectivity index (χ3n) is 8.56. The van der Waals surface area contributed by atoms with E-state index in [0.29, 0.717) is 49.4 Å². The number of ether oxygens (including phenoxy) is 1. The molecule has 1 aromatic carbocycles. The third-order valence-corrected chi connectivity index (χ3v) is 10.3. The lowest BCUT2D eigenvalue weighted by atomic mass is 9.85. The third kappa shape index (κ3) is 8.51. The highest BCUT2D eigenvalue weighted by molar-refractivity contribution is 6.76. The minimum Gasteiger partial charge on any atom is -0.397 e. The second-order valence-corrected chi connectivity index (χ2v) is 19.3. The second-order valence-electron chi connectivity index (χ2n) is 13.7. The molecule has 1 saturated carbocycles. The van der Waals surface area contributed by atoms with Crippen LogP contribution in [0.4, 0.5) is 42.1 Å². The first-order valence-corrected chi connectivity index (χ1v) is 19.6. The number of pyridine rings is 1. The minimum atomic E-state index is -4.96. The number of nitrogens with one attached hydrogen (secondary N) is 1. The number of halogens is 7. The van der Waals surface area contributed by atoms with Gasteiger partial charge in [0.2, 0.25) is 0 Å². The molecule has 0 spiro atoms. The van der Waals surface area contributed by atoms with Gasteiger partial charge in [-0.1, -0.05) is 26.1 Å². The summed E-state index contributed by atoms with van der Waals surface area (Å²) >= 11 is 0. The van der Waals surface area contributed by atoms with E-state index < -0.39 is 66.9 Å². The Balaban J connectivity index is 1.33. The van der Waals surface area contributed by atoms with Crippen molar-refractivity contribution in [1.82, 2.24) is 24.3 Å². The van der Waals surface area contributed by atoms with Crippen LogP contribution in [-0.4, -0.2) is 45.0 Å². The summed E-state index contributed by atoms with van der Waals surface area (Å²) in [5.41, 5.74) is 1.27. The summed E-state index contributed by atoms with van der Waals surface area (Å²) in [6.45, 7) is 6.39. The van der Waals surface area contributed by atoms with E-state index in [1.165, 1.54) is 16.8 Å². The van der Waals surface area contributed by atoms with Crippen LogP contribution in [0.15, 0.2) is 46.5 Å². The highest BCUT2D eigenvalue weighted by atomic mass is 28.3. The number of aromatic nitrogens is 5. The van der Waals surface area contributed by atoms with Gasteiger partial charge >= 0.3 is 12.4 Å². The quantitative estimate of drug-likeness (QED) is 0.104. The normalized spacial score (nSPS) is 17.3. The summed E-state index contributed by atoms with van der Waals surface area (Å²) in [5, 5.41) is 6.85. The summed E-state index contributed by atoms with van der Waals surface area (Å²) in [6.07, 6.45) is -4.13. The summed E-state index contributed by atoms with van der Waals surface area (Å²) in [6, 6.07) is 2.43. The van der Waals surface area contributed by atoms with Gasteiger partial charge in [0.15, 0.2) is 5.82 Å². The van der Waals surface area contributed by atoms with Crippen LogP contribution in [0.3, 0.4) is 0 Å². The first kappa shape index (κ1) is 36.9. The number of fused-ring (bicyclic) bond motifs is 1. The van der Waals surface area contributed by atoms with Crippen molar-refractivity contribution in [3.8, 4) is 11.4 Å². The van der Waals surface area contributed by atoms with E-state index in [9.17, 15) is 35.9 Å². The van der Waals surface area contributed by atoms with E-state index in [0.717, 1.165) is 18.3 Å². The molecule has 1 aliphatic carbocycles. The molecule has 3 heterocycles. The lowest BCUT2D eigenvalue weighted by Gasteiger charge is -2.31. The molecule has 0 saturated heterocycles. The fraction of sp³-hybridized carbons (Fsp3) is 0.469. The largest absolute Gasteiger partial charge is 0.423 e. The lowest BCUT2D eigenvalue weighted by Crippen LogP contribution is -2.36. The van der Waals surface area contributed by atoms with Crippen LogP contribution < -0.4 is 22.2 Å². The molecule has 50 heavy (non-hydrogen) atoms. The van der Waals surface area contributed by atoms with Gasteiger partial charge in [-0.3, -0.25) is 9.59 Å². The van der Waals surface area contributed by atoms with Crippen LogP contribution in [0, 0.1) is 11.7 Å². The summed E-state index contributed by atoms with van der Waals surface area (Å²) in [4.78, 5) is 33.6. The first-order chi connectivity index (χ1) is 23.3. The number of nitrogen functional groups attached to an aromatic ring is 1. The number of rotatable bonds is 10. The van der Waals surface area contributed by atoms with Crippen molar-refractivity contribution in [1.29, 1.82) is 0 Å². The fourth-order valence-corrected chi connectivity index (χ4v) is 6.70. The van der Waals surface area contributed by atoms with E-state index >= 15 is 4.39 Å². The Hall–Kier alpha value is -4.32. The smallest absolute Gasteiger partial charge is 0.397 e. The number of benzene rings is 1. The Morgan fingerprint density at radius 2 is 1.68 bits per heavy atom. The predicted octanol–water partition coefficient (Wildman–Crippen LogP) is 6.76. The molecule has 0 bridgehead atoms. The molecule has 3 N–H and O–H groups in total. The van der Waals surface area contributed by atoms with Crippen molar-refractivity contribution >= 4 is 30.2 Å². The van der Waals surface area contributed by atoms with Crippen molar-refractivity contribution in [2.75, 3.05) is 17.7 Å². The van der Waals surface area contributed by atoms with Crippen LogP contribution in [0.5, 0.6) is 0 Å². The molecule has 1 aliphatic rings. The molecular weight excluding hydrogens is 691 g/mol. The Bertz CT molecular complexity index is 1970. The number of hydrogen-bond acceptors (Lipinski definition) is 8. The van der Waals surface area contributed by atoms with Crippen molar-refractivity contribution in [2.24, 2.45) is 5.92 Å². The van der Waals surface area contributed by atoms with Gasteiger partial charge < -0.3 is 20.4 Å². The van der Waals surface area contributed by atoms with Crippen LogP contribution in [-0.2, 0) is 30.4 Å². The van der Waals surface area contributed by atoms with Crippen molar-refractivity contribution in [3.63, 3.8) is 0 Å². The zero-order valence-corrected chi connectivity index (χ0v) is 28.5. The maximum Gasteiger partial charge on any atom is 0.423 e. The zero-order chi connectivity index (χ0) is 36.6. The zero-order valence-electron chi connectivity index (χ0n) is 27.5. The number of anilines is 2. The van der Waals surface area contributed by atoms with Crippen LogP contribution in [0.2, 0.25) is 25.7 Å². The van der Waals surface area contributed by atoms with Crippen molar-refractivity contribution in [3.05, 3.63) is 74.6 Å². The molecule has 270 valence electrons. The van der Waals surface area contributed by atoms with Gasteiger partial charge in [-0.05, 0) is 43.4 Å². The number of alkyl halides is 6. The molecule has 3 aromatic heterocycles. The van der Waals surface area contributed by atoms with Gasteiger partial charge in [-0.15, -0.1) is 0 Å². The molecule has 4 aromatic rings. The van der Waals surface area contributed by atoms with Crippen LogP contribution in [0.25, 0.3) is 22.2 Å². The standard InChI is InChI=1S/C32H36F7N7O3Si/c1-50(2,3)8-7-49-17-46-30(48)27(32(37,38)39)26(14-43-46)44-20-6-4-5-18(9-20)15-45-16-25(40)21-10-23(24(33)11-22(21)29(45)47)28-41-12-19(13-42-28)31(34,35)36/h10-14,16,18,20,44H,4-9,15,17,40H2,1-3H3/t18-,20+/m1/s1. The van der Waals surface area contributed by atoms with E-state index in [2.05, 4.69) is 40.0 Å². The highest BCUT2D eigenvalue weighted by Gasteiger charge is 2.39. The summed E-state index contributed by atoms with van der Waals surface area (Å²) in [5.74, 6) is -1.46. The topological polar surface area (TPSA) is 130 Å². The molecule has 2 atom stereocenters. The van der Waals surface area contributed by atoms with Crippen LogP contribution in [0.1, 0.15) is 36.8 Å². The molecular formula is C32H36F7N7O3Si. The number of hydrogen-bond donors (Lipinski definition) is 2. The molecule has 5 rings (SSSR count). The summed E-state index contributed by atoms with van der Waals surface area (Å²) in [7, 11) is -1.45. The average Bonchev–Trinajstić information content (AvgIpc) is 3.01. The van der Waals surface area contributed by atoms with Gasteiger partial charge in [-0.2, -0.15) is 31.4 Å². The highest BCUT2D eigenvalue weighted by Crippen LogP contribution is 2.35. The lowest BCUT2D eigenvalue weighted by molar-refractivity contribution is -0.139. The monoisotopic (exact) mass is 727 g/mol. The Labute approximate surface area is 282 Å². The van der Waals surface area contributed by atoms with E-state index in [-0.39, 0.29) is 40.3 Å². The predicted molar refractivity (Wildman–Crippen MR) is 176 cm³/mol. The van der Waals surface area contributed by atoms with Gasteiger partial charge in [0.05, 0.1) is 34.1 Å². The van der Waals surface area contributed by atoms with Gasteiger partial charge in [0.25, 0.3) is 11.1 Å². The van der Waals surface area contributed by atoms with Gasteiger partial charge in [-0.25, -0.2) is 19.0 Å². The molecule has 0 unspecified atom stereocenters. The Morgan fingerprint density at radius 1 is 0.980 bits per heavy atom. The molecule has 0 aliphatic heterocycles. The summed E-state index contributed by atoms with van der Waals surface area (Å²) < 4.78 is 104. The average molecular weight is 728 g/mol. The van der Waals surface area contributed by atoms with E-state index in [1.54, 1.807) is 0 Å². The van der Waals surface area contributed by atoms with Crippen molar-refractivity contribution < 1.29 is 35.5 Å². The first-order valence-electron chi connectivity index (χ1n) is 15.8. The van der Waals surface area contributed by atoms with Gasteiger partial charge in [0.1, 0.15) is 18.1 Å². The molecule has 18 heteroatoms. The second kappa shape index (κ2) is 14.1. The number of nitrogens with two attached hydrogens (primary N) is 1. The maximum absolute atomic E-state index is 15.2. The maximum atomic E-state index is 15.2. The van der Waals surface area contributed by atoms with Crippen LogP contribution >= 0.6 is 0 Å². The SMILES string of the molecule is C[Si](C)(C)CCOCn1ncc(N[C@H]2CCC[C@@H](Cn3cc(N)c4cc(-c5ncc(C(F)(F)F)cn5)c(F)cc4c3=O)C2)c(C(F)(F)F)c1=O. The molecule has 1 fully saturated rings. The van der Waals surface area contributed by atoms with E-state index in [4.69, 9.17) is 10.5 Å². The molecule has 0 radical (unpaired) electrons.